The fourth-order valence-corrected chi connectivity index (χ4v) is 2.13. The lowest BCUT2D eigenvalue weighted by Crippen LogP contribution is -2.22. The molecule has 2 aromatic carbocycles. The molecule has 18 heavy (non-hydrogen) atoms. The van der Waals surface area contributed by atoms with Crippen LogP contribution < -0.4 is 0 Å². The van der Waals surface area contributed by atoms with E-state index >= 15 is 0 Å². The van der Waals surface area contributed by atoms with E-state index in [1.807, 2.05) is 49.4 Å². The number of rotatable bonds is 3. The Labute approximate surface area is 109 Å². The van der Waals surface area contributed by atoms with Gasteiger partial charge in [-0.05, 0) is 29.5 Å². The number of hydrogen-bond acceptors (Lipinski definition) is 1. The maximum atomic E-state index is 10.8. The first-order valence-electron chi connectivity index (χ1n) is 6.40. The van der Waals surface area contributed by atoms with Crippen molar-refractivity contribution in [3.05, 3.63) is 71.3 Å². The van der Waals surface area contributed by atoms with Crippen molar-refractivity contribution in [1.82, 2.24) is 0 Å². The monoisotopic (exact) mass is 240 g/mol. The summed E-state index contributed by atoms with van der Waals surface area (Å²) in [5.41, 5.74) is 2.18. The van der Waals surface area contributed by atoms with Gasteiger partial charge in [0.1, 0.15) is 5.60 Å². The molecule has 0 aliphatic rings. The average Bonchev–Trinajstić information content (AvgIpc) is 2.40. The molecule has 0 amide bonds. The lowest BCUT2D eigenvalue weighted by Gasteiger charge is -2.25. The van der Waals surface area contributed by atoms with Crippen LogP contribution in [0.25, 0.3) is 0 Å². The van der Waals surface area contributed by atoms with E-state index in [9.17, 15) is 5.11 Å². The van der Waals surface area contributed by atoms with E-state index in [4.69, 9.17) is 0 Å². The van der Waals surface area contributed by atoms with Gasteiger partial charge in [0.25, 0.3) is 0 Å². The fraction of sp³-hybridized carbons (Fsp3) is 0.294. The molecule has 0 saturated heterocycles. The molecular weight excluding hydrogens is 220 g/mol. The first-order chi connectivity index (χ1) is 8.51. The normalized spacial score (nSPS) is 14.5. The van der Waals surface area contributed by atoms with Gasteiger partial charge in [-0.3, -0.25) is 0 Å². The summed E-state index contributed by atoms with van der Waals surface area (Å²) in [7, 11) is 0. The molecule has 2 aromatic rings. The standard InChI is InChI=1S/C17H20O/c1-13(2)14-8-7-11-16(12-14)17(3,18)15-9-5-4-6-10-15/h4-13,18H,1-3H3. The molecule has 1 N–H and O–H groups in total. The quantitative estimate of drug-likeness (QED) is 0.857. The van der Waals surface area contributed by atoms with Crippen molar-refractivity contribution in [2.45, 2.75) is 32.3 Å². The fourth-order valence-electron chi connectivity index (χ4n) is 2.13. The van der Waals surface area contributed by atoms with Gasteiger partial charge >= 0.3 is 0 Å². The third kappa shape index (κ3) is 2.46. The maximum Gasteiger partial charge on any atom is 0.112 e. The summed E-state index contributed by atoms with van der Waals surface area (Å²) in [5, 5.41) is 10.8. The van der Waals surface area contributed by atoms with Gasteiger partial charge in [0.15, 0.2) is 0 Å². The van der Waals surface area contributed by atoms with Crippen LogP contribution in [0, 0.1) is 0 Å². The van der Waals surface area contributed by atoms with E-state index in [0.29, 0.717) is 5.92 Å². The highest BCUT2D eigenvalue weighted by Gasteiger charge is 2.25. The molecule has 1 heteroatoms. The Morgan fingerprint density at radius 2 is 1.50 bits per heavy atom. The molecule has 0 saturated carbocycles. The summed E-state index contributed by atoms with van der Waals surface area (Å²) in [6, 6.07) is 18.0. The second kappa shape index (κ2) is 4.95. The zero-order chi connectivity index (χ0) is 13.2. The molecule has 0 aromatic heterocycles. The Morgan fingerprint density at radius 1 is 0.889 bits per heavy atom. The Hall–Kier alpha value is -1.60. The highest BCUT2D eigenvalue weighted by molar-refractivity contribution is 5.37. The van der Waals surface area contributed by atoms with Crippen LogP contribution >= 0.6 is 0 Å². The minimum Gasteiger partial charge on any atom is -0.381 e. The molecule has 1 nitrogen and oxygen atoms in total. The van der Waals surface area contributed by atoms with E-state index in [1.165, 1.54) is 5.56 Å². The third-order valence-corrected chi connectivity index (χ3v) is 3.45. The average molecular weight is 240 g/mol. The molecule has 0 aliphatic heterocycles. The van der Waals surface area contributed by atoms with Crippen LogP contribution in [0.1, 0.15) is 43.4 Å². The predicted octanol–water partition coefficient (Wildman–Crippen LogP) is 4.07. The highest BCUT2D eigenvalue weighted by atomic mass is 16.3. The van der Waals surface area contributed by atoms with Gasteiger partial charge in [0.05, 0.1) is 0 Å². The summed E-state index contributed by atoms with van der Waals surface area (Å²) in [5.74, 6) is 0.469. The Morgan fingerprint density at radius 3 is 2.11 bits per heavy atom. The lowest BCUT2D eigenvalue weighted by molar-refractivity contribution is 0.102. The summed E-state index contributed by atoms with van der Waals surface area (Å²) >= 11 is 0. The molecule has 2 rings (SSSR count). The minimum absolute atomic E-state index is 0.469. The van der Waals surface area contributed by atoms with Gasteiger partial charge in [-0.25, -0.2) is 0 Å². The van der Waals surface area contributed by atoms with E-state index in [1.54, 1.807) is 0 Å². The minimum atomic E-state index is -0.938. The Kier molecular flexibility index (Phi) is 3.53. The van der Waals surface area contributed by atoms with Crippen LogP contribution in [0.5, 0.6) is 0 Å². The van der Waals surface area contributed by atoms with Gasteiger partial charge in [0, 0.05) is 0 Å². The van der Waals surface area contributed by atoms with Gasteiger partial charge in [-0.2, -0.15) is 0 Å². The van der Waals surface area contributed by atoms with Gasteiger partial charge in [-0.1, -0.05) is 68.4 Å². The van der Waals surface area contributed by atoms with Crippen LogP contribution in [0.4, 0.5) is 0 Å². The van der Waals surface area contributed by atoms with Gasteiger partial charge in [-0.15, -0.1) is 0 Å². The van der Waals surface area contributed by atoms with Gasteiger partial charge in [0.2, 0.25) is 0 Å². The van der Waals surface area contributed by atoms with Crippen molar-refractivity contribution in [3.8, 4) is 0 Å². The lowest BCUT2D eigenvalue weighted by atomic mass is 9.86. The molecular formula is C17H20O. The zero-order valence-electron chi connectivity index (χ0n) is 11.2. The topological polar surface area (TPSA) is 20.2 Å². The maximum absolute atomic E-state index is 10.8. The van der Waals surface area contributed by atoms with Crippen LogP contribution in [0.2, 0.25) is 0 Å². The summed E-state index contributed by atoms with van der Waals surface area (Å²) in [6.07, 6.45) is 0. The molecule has 0 radical (unpaired) electrons. The molecule has 1 atom stereocenters. The van der Waals surface area contributed by atoms with Crippen LogP contribution in [-0.2, 0) is 5.60 Å². The Balaban J connectivity index is 2.44. The molecule has 0 aliphatic carbocycles. The van der Waals surface area contributed by atoms with E-state index in [-0.39, 0.29) is 0 Å². The summed E-state index contributed by atoms with van der Waals surface area (Å²) in [4.78, 5) is 0. The van der Waals surface area contributed by atoms with Crippen molar-refractivity contribution >= 4 is 0 Å². The number of benzene rings is 2. The summed E-state index contributed by atoms with van der Waals surface area (Å²) < 4.78 is 0. The first-order valence-corrected chi connectivity index (χ1v) is 6.40. The summed E-state index contributed by atoms with van der Waals surface area (Å²) in [6.45, 7) is 6.18. The first kappa shape index (κ1) is 12.8. The van der Waals surface area contributed by atoms with E-state index in [2.05, 4.69) is 26.0 Å². The van der Waals surface area contributed by atoms with Crippen LogP contribution in [0.15, 0.2) is 54.6 Å². The number of aliphatic hydroxyl groups is 1. The molecule has 0 bridgehead atoms. The van der Waals surface area contributed by atoms with Crippen molar-refractivity contribution < 1.29 is 5.11 Å². The molecule has 0 spiro atoms. The van der Waals surface area contributed by atoms with Crippen molar-refractivity contribution in [2.75, 3.05) is 0 Å². The van der Waals surface area contributed by atoms with Crippen LogP contribution in [0.3, 0.4) is 0 Å². The highest BCUT2D eigenvalue weighted by Crippen LogP contribution is 2.30. The zero-order valence-corrected chi connectivity index (χ0v) is 11.2. The second-order valence-corrected chi connectivity index (χ2v) is 5.22. The molecule has 0 fully saturated rings. The van der Waals surface area contributed by atoms with Crippen molar-refractivity contribution in [2.24, 2.45) is 0 Å². The molecule has 0 heterocycles. The molecule has 94 valence electrons. The van der Waals surface area contributed by atoms with Gasteiger partial charge < -0.3 is 5.11 Å². The largest absolute Gasteiger partial charge is 0.381 e. The Bertz CT molecular complexity index is 512. The van der Waals surface area contributed by atoms with Crippen molar-refractivity contribution in [3.63, 3.8) is 0 Å². The SMILES string of the molecule is CC(C)c1cccc(C(C)(O)c2ccccc2)c1. The van der Waals surface area contributed by atoms with Crippen LogP contribution in [-0.4, -0.2) is 5.11 Å². The smallest absolute Gasteiger partial charge is 0.112 e. The van der Waals surface area contributed by atoms with E-state index < -0.39 is 5.60 Å². The second-order valence-electron chi connectivity index (χ2n) is 5.22. The van der Waals surface area contributed by atoms with E-state index in [0.717, 1.165) is 11.1 Å². The number of hydrogen-bond donors (Lipinski definition) is 1. The predicted molar refractivity (Wildman–Crippen MR) is 75.6 cm³/mol. The third-order valence-electron chi connectivity index (χ3n) is 3.45. The molecule has 1 unspecified atom stereocenters. The van der Waals surface area contributed by atoms with Crippen molar-refractivity contribution in [1.29, 1.82) is 0 Å².